The predicted molar refractivity (Wildman–Crippen MR) is 95.8 cm³/mol. The number of carbonyl (C=O) groups excluding carboxylic acids is 1. The molecule has 4 nitrogen and oxygen atoms in total. The molecule has 0 unspecified atom stereocenters. The standard InChI is InChI=1S/C18H25N3OS/c1-14(2)13-19-17(23)21-12-6-11-20(21)16(22)18(9-10-18)15-7-4-3-5-8-15/h3-5,7-8,14H,6,9-13H2,1-2H3,(H,19,23). The first-order chi connectivity index (χ1) is 11.0. The van der Waals surface area contributed by atoms with Crippen LogP contribution in [0.1, 0.15) is 38.7 Å². The molecule has 1 aromatic rings. The minimum absolute atomic E-state index is 0.204. The minimum atomic E-state index is -0.322. The lowest BCUT2D eigenvalue weighted by Crippen LogP contribution is -2.52. The Kier molecular flexibility index (Phi) is 4.57. The van der Waals surface area contributed by atoms with Crippen LogP contribution in [0.2, 0.25) is 0 Å². The van der Waals surface area contributed by atoms with Crippen molar-refractivity contribution in [3.05, 3.63) is 35.9 Å². The third-order valence-electron chi connectivity index (χ3n) is 4.65. The molecule has 3 rings (SSSR count). The van der Waals surface area contributed by atoms with Gasteiger partial charge in [-0.25, -0.2) is 0 Å². The molecule has 2 aliphatic rings. The van der Waals surface area contributed by atoms with Gasteiger partial charge in [-0.3, -0.25) is 14.8 Å². The van der Waals surface area contributed by atoms with Crippen LogP contribution in [0, 0.1) is 5.92 Å². The first kappa shape index (κ1) is 16.2. The summed E-state index contributed by atoms with van der Waals surface area (Å²) in [6.07, 6.45) is 2.85. The fraction of sp³-hybridized carbons (Fsp3) is 0.556. The van der Waals surface area contributed by atoms with Gasteiger partial charge in [0.1, 0.15) is 0 Å². The maximum absolute atomic E-state index is 13.2. The molecule has 23 heavy (non-hydrogen) atoms. The van der Waals surface area contributed by atoms with Gasteiger partial charge in [0.05, 0.1) is 5.41 Å². The van der Waals surface area contributed by atoms with Crippen LogP contribution in [0.5, 0.6) is 0 Å². The monoisotopic (exact) mass is 331 g/mol. The van der Waals surface area contributed by atoms with Gasteiger partial charge >= 0.3 is 0 Å². The highest BCUT2D eigenvalue weighted by Gasteiger charge is 2.54. The van der Waals surface area contributed by atoms with Gasteiger partial charge in [0.15, 0.2) is 5.11 Å². The number of hydrogen-bond donors (Lipinski definition) is 1. The Bertz CT molecular complexity index is 583. The first-order valence-corrected chi connectivity index (χ1v) is 8.88. The van der Waals surface area contributed by atoms with E-state index in [9.17, 15) is 4.79 Å². The van der Waals surface area contributed by atoms with Gasteiger partial charge in [-0.1, -0.05) is 44.2 Å². The summed E-state index contributed by atoms with van der Waals surface area (Å²) >= 11 is 5.51. The van der Waals surface area contributed by atoms with Crippen molar-refractivity contribution < 1.29 is 4.79 Å². The molecule has 0 spiro atoms. The molecule has 5 heteroatoms. The largest absolute Gasteiger partial charge is 0.361 e. The minimum Gasteiger partial charge on any atom is -0.361 e. The molecule has 1 aliphatic heterocycles. The molecule has 0 radical (unpaired) electrons. The number of nitrogens with one attached hydrogen (secondary N) is 1. The van der Waals surface area contributed by atoms with E-state index in [4.69, 9.17) is 12.2 Å². The van der Waals surface area contributed by atoms with E-state index in [1.54, 1.807) is 0 Å². The maximum atomic E-state index is 13.2. The van der Waals surface area contributed by atoms with Gasteiger partial charge in [-0.05, 0) is 43.0 Å². The van der Waals surface area contributed by atoms with Crippen LogP contribution in [-0.2, 0) is 10.2 Å². The van der Waals surface area contributed by atoms with Crippen LogP contribution in [0.3, 0.4) is 0 Å². The zero-order valence-electron chi connectivity index (χ0n) is 13.9. The van der Waals surface area contributed by atoms with Crippen LogP contribution in [0.25, 0.3) is 0 Å². The van der Waals surface area contributed by atoms with E-state index >= 15 is 0 Å². The van der Waals surface area contributed by atoms with E-state index < -0.39 is 0 Å². The van der Waals surface area contributed by atoms with Gasteiger partial charge in [0.25, 0.3) is 5.91 Å². The lowest BCUT2D eigenvalue weighted by molar-refractivity contribution is -0.141. The lowest BCUT2D eigenvalue weighted by Gasteiger charge is -2.33. The Labute approximate surface area is 143 Å². The van der Waals surface area contributed by atoms with Crippen molar-refractivity contribution in [1.82, 2.24) is 15.3 Å². The molecule has 1 saturated heterocycles. The Morgan fingerprint density at radius 1 is 1.22 bits per heavy atom. The Balaban J connectivity index is 1.73. The number of nitrogens with zero attached hydrogens (tertiary/aromatic N) is 2. The molecule has 0 bridgehead atoms. The summed E-state index contributed by atoms with van der Waals surface area (Å²) in [5, 5.41) is 7.79. The van der Waals surface area contributed by atoms with Crippen LogP contribution < -0.4 is 5.32 Å². The Morgan fingerprint density at radius 2 is 1.87 bits per heavy atom. The van der Waals surface area contributed by atoms with Crippen molar-refractivity contribution in [3.63, 3.8) is 0 Å². The van der Waals surface area contributed by atoms with E-state index in [1.165, 1.54) is 0 Å². The van der Waals surface area contributed by atoms with E-state index in [1.807, 2.05) is 28.2 Å². The lowest BCUT2D eigenvalue weighted by atomic mass is 9.95. The van der Waals surface area contributed by atoms with Crippen LogP contribution in [0.4, 0.5) is 0 Å². The SMILES string of the molecule is CC(C)CNC(=S)N1CCCN1C(=O)C1(c2ccccc2)CC1. The van der Waals surface area contributed by atoms with E-state index in [0.29, 0.717) is 11.0 Å². The molecule has 2 fully saturated rings. The van der Waals surface area contributed by atoms with E-state index in [2.05, 4.69) is 31.3 Å². The molecular weight excluding hydrogens is 306 g/mol. The molecule has 124 valence electrons. The smallest absolute Gasteiger partial charge is 0.251 e. The highest BCUT2D eigenvalue weighted by Crippen LogP contribution is 2.50. The van der Waals surface area contributed by atoms with E-state index in [0.717, 1.165) is 44.5 Å². The molecule has 1 heterocycles. The number of carbonyl (C=O) groups is 1. The zero-order valence-corrected chi connectivity index (χ0v) is 14.7. The third kappa shape index (κ3) is 3.20. The summed E-state index contributed by atoms with van der Waals surface area (Å²) in [7, 11) is 0. The number of thiocarbonyl (C=S) groups is 1. The van der Waals surface area contributed by atoms with Crippen molar-refractivity contribution in [2.75, 3.05) is 19.6 Å². The molecule has 1 N–H and O–H groups in total. The van der Waals surface area contributed by atoms with Crippen molar-refractivity contribution in [2.24, 2.45) is 5.92 Å². The van der Waals surface area contributed by atoms with Gasteiger partial charge in [0, 0.05) is 19.6 Å². The Morgan fingerprint density at radius 3 is 2.48 bits per heavy atom. The summed E-state index contributed by atoms with van der Waals surface area (Å²) in [6, 6.07) is 10.2. The van der Waals surface area contributed by atoms with Gasteiger partial charge in [-0.15, -0.1) is 0 Å². The second-order valence-corrected chi connectivity index (χ2v) is 7.32. The number of hydrazine groups is 1. The highest BCUT2D eigenvalue weighted by atomic mass is 32.1. The summed E-state index contributed by atoms with van der Waals surface area (Å²) in [5.74, 6) is 0.730. The van der Waals surface area contributed by atoms with Crippen molar-refractivity contribution in [3.8, 4) is 0 Å². The second-order valence-electron chi connectivity index (χ2n) is 6.93. The van der Waals surface area contributed by atoms with Gasteiger partial charge in [0.2, 0.25) is 0 Å². The Hall–Kier alpha value is -1.62. The fourth-order valence-corrected chi connectivity index (χ4v) is 3.45. The van der Waals surface area contributed by atoms with Crippen molar-refractivity contribution >= 4 is 23.2 Å². The predicted octanol–water partition coefficient (Wildman–Crippen LogP) is 2.70. The van der Waals surface area contributed by atoms with Gasteiger partial charge < -0.3 is 5.32 Å². The molecule has 0 aromatic heterocycles. The fourth-order valence-electron chi connectivity index (χ4n) is 3.17. The maximum Gasteiger partial charge on any atom is 0.251 e. The summed E-state index contributed by atoms with van der Waals surface area (Å²) in [4.78, 5) is 13.2. The average molecular weight is 331 g/mol. The number of rotatable bonds is 4. The third-order valence-corrected chi connectivity index (χ3v) is 5.00. The summed E-state index contributed by atoms with van der Waals surface area (Å²) < 4.78 is 0. The molecule has 0 atom stereocenters. The van der Waals surface area contributed by atoms with Crippen LogP contribution in [-0.4, -0.2) is 40.7 Å². The number of hydrogen-bond acceptors (Lipinski definition) is 2. The highest BCUT2D eigenvalue weighted by molar-refractivity contribution is 7.80. The van der Waals surface area contributed by atoms with Crippen molar-refractivity contribution in [2.45, 2.75) is 38.5 Å². The average Bonchev–Trinajstić information content (AvgIpc) is 3.23. The van der Waals surface area contributed by atoms with Crippen LogP contribution >= 0.6 is 12.2 Å². The van der Waals surface area contributed by atoms with Crippen LogP contribution in [0.15, 0.2) is 30.3 Å². The summed E-state index contributed by atoms with van der Waals surface area (Å²) in [5.41, 5.74) is 0.815. The number of amides is 1. The van der Waals surface area contributed by atoms with Gasteiger partial charge in [-0.2, -0.15) is 0 Å². The second kappa shape index (κ2) is 6.48. The molecule has 1 saturated carbocycles. The topological polar surface area (TPSA) is 35.6 Å². The quantitative estimate of drug-likeness (QED) is 0.861. The number of benzene rings is 1. The normalized spacial score (nSPS) is 19.1. The first-order valence-electron chi connectivity index (χ1n) is 8.47. The zero-order chi connectivity index (χ0) is 16.4. The molecule has 1 aromatic carbocycles. The molecule has 1 aliphatic carbocycles. The van der Waals surface area contributed by atoms with Crippen molar-refractivity contribution in [1.29, 1.82) is 0 Å². The molecular formula is C18H25N3OS. The summed E-state index contributed by atoms with van der Waals surface area (Å²) in [6.45, 7) is 6.72. The van der Waals surface area contributed by atoms with E-state index in [-0.39, 0.29) is 11.3 Å². The molecule has 1 amide bonds.